The predicted octanol–water partition coefficient (Wildman–Crippen LogP) is 4.45. The van der Waals surface area contributed by atoms with Crippen molar-refractivity contribution in [1.82, 2.24) is 0 Å². The van der Waals surface area contributed by atoms with Gasteiger partial charge in [0.25, 0.3) is 0 Å². The Bertz CT molecular complexity index is 852. The second-order valence-electron chi connectivity index (χ2n) is 7.50. The maximum absolute atomic E-state index is 12.7. The van der Waals surface area contributed by atoms with Gasteiger partial charge in [0.2, 0.25) is 11.8 Å². The first-order valence-electron chi connectivity index (χ1n) is 9.27. The highest BCUT2D eigenvalue weighted by molar-refractivity contribution is 6.17. The topological polar surface area (TPSA) is 67.4 Å². The number of amides is 2. The average Bonchev–Trinajstić information content (AvgIpc) is 3.40. The van der Waals surface area contributed by atoms with Crippen LogP contribution in [0.5, 0.6) is 5.75 Å². The lowest BCUT2D eigenvalue weighted by atomic mass is 10.0. The number of rotatable bonds is 6. The molecule has 1 aliphatic carbocycles. The smallest absolute Gasteiger partial charge is 0.240 e. The number of aryl methyl sites for hydroxylation is 2. The lowest BCUT2D eigenvalue weighted by molar-refractivity contribution is -0.131. The van der Waals surface area contributed by atoms with Crippen molar-refractivity contribution < 1.29 is 14.3 Å². The monoisotopic (exact) mass is 366 g/mol. The van der Waals surface area contributed by atoms with Crippen LogP contribution in [0.1, 0.15) is 37.8 Å². The summed E-state index contributed by atoms with van der Waals surface area (Å²) in [7, 11) is 0. The fraction of sp³-hybridized carbons (Fsp3) is 0.364. The molecule has 142 valence electrons. The summed E-state index contributed by atoms with van der Waals surface area (Å²) in [5.41, 5.74) is 2.54. The fourth-order valence-electron chi connectivity index (χ4n) is 3.02. The summed E-state index contributed by atoms with van der Waals surface area (Å²) >= 11 is 0. The minimum Gasteiger partial charge on any atom is -0.491 e. The van der Waals surface area contributed by atoms with Crippen molar-refractivity contribution in [2.45, 2.75) is 46.6 Å². The SMILES string of the molecule is Cc1ccc(NC(=O)C2(C(=O)Nc3ccc(OC(C)C)cc3)CC2)c(C)c1. The van der Waals surface area contributed by atoms with Crippen molar-refractivity contribution >= 4 is 23.2 Å². The van der Waals surface area contributed by atoms with Crippen LogP contribution in [-0.4, -0.2) is 17.9 Å². The first-order chi connectivity index (χ1) is 12.8. The molecule has 0 atom stereocenters. The molecule has 5 nitrogen and oxygen atoms in total. The van der Waals surface area contributed by atoms with Crippen LogP contribution in [0.4, 0.5) is 11.4 Å². The standard InChI is InChI=1S/C22H26N2O3/c1-14(2)27-18-8-6-17(7-9-18)23-20(25)22(11-12-22)21(26)24-19-10-5-15(3)13-16(19)4/h5-10,13-14H,11-12H2,1-4H3,(H,23,25)(H,24,26). The molecule has 0 saturated heterocycles. The van der Waals surface area contributed by atoms with Crippen molar-refractivity contribution in [2.24, 2.45) is 5.41 Å². The van der Waals surface area contributed by atoms with E-state index in [0.717, 1.165) is 22.6 Å². The van der Waals surface area contributed by atoms with E-state index in [1.54, 1.807) is 12.1 Å². The Balaban J connectivity index is 1.66. The van der Waals surface area contributed by atoms with Gasteiger partial charge in [-0.05, 0) is 76.4 Å². The Kier molecular flexibility index (Phi) is 5.22. The highest BCUT2D eigenvalue weighted by Crippen LogP contribution is 2.47. The normalized spacial score (nSPS) is 14.6. The molecule has 0 spiro atoms. The molecule has 0 bridgehead atoms. The van der Waals surface area contributed by atoms with Crippen molar-refractivity contribution in [3.8, 4) is 5.75 Å². The van der Waals surface area contributed by atoms with Crippen LogP contribution in [0, 0.1) is 19.3 Å². The number of anilines is 2. The average molecular weight is 366 g/mol. The van der Waals surface area contributed by atoms with E-state index in [1.807, 2.05) is 58.0 Å². The van der Waals surface area contributed by atoms with Gasteiger partial charge >= 0.3 is 0 Å². The summed E-state index contributed by atoms with van der Waals surface area (Å²) in [6.07, 6.45) is 1.21. The zero-order valence-corrected chi connectivity index (χ0v) is 16.3. The maximum atomic E-state index is 12.7. The van der Waals surface area contributed by atoms with Gasteiger partial charge in [0, 0.05) is 11.4 Å². The third kappa shape index (κ3) is 4.30. The molecule has 27 heavy (non-hydrogen) atoms. The zero-order chi connectivity index (χ0) is 19.6. The quantitative estimate of drug-likeness (QED) is 0.742. The molecule has 3 rings (SSSR count). The molecule has 0 aromatic heterocycles. The predicted molar refractivity (Wildman–Crippen MR) is 107 cm³/mol. The van der Waals surface area contributed by atoms with Gasteiger partial charge < -0.3 is 15.4 Å². The van der Waals surface area contributed by atoms with Gasteiger partial charge in [-0.1, -0.05) is 17.7 Å². The van der Waals surface area contributed by atoms with Gasteiger partial charge in [0.15, 0.2) is 0 Å². The summed E-state index contributed by atoms with van der Waals surface area (Å²) in [5, 5.41) is 5.78. The number of hydrogen-bond acceptors (Lipinski definition) is 3. The Labute approximate surface area is 160 Å². The number of ether oxygens (including phenoxy) is 1. The van der Waals surface area contributed by atoms with Crippen LogP contribution in [0.2, 0.25) is 0 Å². The van der Waals surface area contributed by atoms with Gasteiger partial charge in [-0.25, -0.2) is 0 Å². The first kappa shape index (κ1) is 19.0. The molecule has 0 aliphatic heterocycles. The zero-order valence-electron chi connectivity index (χ0n) is 16.3. The highest BCUT2D eigenvalue weighted by atomic mass is 16.5. The van der Waals surface area contributed by atoms with Gasteiger partial charge in [-0.15, -0.1) is 0 Å². The van der Waals surface area contributed by atoms with Crippen molar-refractivity contribution in [3.63, 3.8) is 0 Å². The molecule has 2 amide bonds. The molecule has 5 heteroatoms. The Morgan fingerprint density at radius 3 is 2.15 bits per heavy atom. The number of benzene rings is 2. The van der Waals surface area contributed by atoms with E-state index in [-0.39, 0.29) is 17.9 Å². The summed E-state index contributed by atoms with van der Waals surface area (Å²) in [5.74, 6) is 0.241. The molecule has 0 radical (unpaired) electrons. The fourth-order valence-corrected chi connectivity index (χ4v) is 3.02. The first-order valence-corrected chi connectivity index (χ1v) is 9.27. The van der Waals surface area contributed by atoms with Crippen LogP contribution >= 0.6 is 0 Å². The van der Waals surface area contributed by atoms with E-state index in [0.29, 0.717) is 18.5 Å². The third-order valence-corrected chi connectivity index (χ3v) is 4.73. The second-order valence-corrected chi connectivity index (χ2v) is 7.50. The highest BCUT2D eigenvalue weighted by Gasteiger charge is 2.56. The van der Waals surface area contributed by atoms with E-state index < -0.39 is 5.41 Å². The van der Waals surface area contributed by atoms with Crippen LogP contribution in [0.3, 0.4) is 0 Å². The van der Waals surface area contributed by atoms with E-state index in [2.05, 4.69) is 10.6 Å². The minimum absolute atomic E-state index is 0.0918. The Morgan fingerprint density at radius 1 is 0.963 bits per heavy atom. The number of carbonyl (C=O) groups is 2. The summed E-state index contributed by atoms with van der Waals surface area (Å²) < 4.78 is 5.60. The van der Waals surface area contributed by atoms with Crippen LogP contribution in [0.15, 0.2) is 42.5 Å². The number of nitrogens with one attached hydrogen (secondary N) is 2. The maximum Gasteiger partial charge on any atom is 0.240 e. The molecule has 1 saturated carbocycles. The van der Waals surface area contributed by atoms with Gasteiger partial charge in [0.1, 0.15) is 11.2 Å². The van der Waals surface area contributed by atoms with Crippen molar-refractivity contribution in [3.05, 3.63) is 53.6 Å². The molecule has 0 unspecified atom stereocenters. The number of hydrogen-bond donors (Lipinski definition) is 2. The molecule has 2 aromatic rings. The second kappa shape index (κ2) is 7.43. The Morgan fingerprint density at radius 2 is 1.59 bits per heavy atom. The third-order valence-electron chi connectivity index (χ3n) is 4.73. The minimum atomic E-state index is -0.982. The summed E-state index contributed by atoms with van der Waals surface area (Å²) in [6.45, 7) is 7.87. The largest absolute Gasteiger partial charge is 0.491 e. The van der Waals surface area contributed by atoms with Gasteiger partial charge in [-0.3, -0.25) is 9.59 Å². The molecular formula is C22H26N2O3. The summed E-state index contributed by atoms with van der Waals surface area (Å²) in [4.78, 5) is 25.5. The molecule has 0 heterocycles. The van der Waals surface area contributed by atoms with Crippen LogP contribution in [0.25, 0.3) is 0 Å². The number of carbonyl (C=O) groups excluding carboxylic acids is 2. The Hall–Kier alpha value is -2.82. The van der Waals surface area contributed by atoms with E-state index in [4.69, 9.17) is 4.74 Å². The molecule has 1 fully saturated rings. The lowest BCUT2D eigenvalue weighted by Crippen LogP contribution is -2.35. The lowest BCUT2D eigenvalue weighted by Gasteiger charge is -2.17. The van der Waals surface area contributed by atoms with Gasteiger partial charge in [-0.2, -0.15) is 0 Å². The van der Waals surface area contributed by atoms with Crippen LogP contribution < -0.4 is 15.4 Å². The van der Waals surface area contributed by atoms with Gasteiger partial charge in [0.05, 0.1) is 6.10 Å². The van der Waals surface area contributed by atoms with E-state index >= 15 is 0 Å². The van der Waals surface area contributed by atoms with Crippen LogP contribution in [-0.2, 0) is 9.59 Å². The van der Waals surface area contributed by atoms with E-state index in [1.165, 1.54) is 0 Å². The molecule has 2 aromatic carbocycles. The van der Waals surface area contributed by atoms with Crippen molar-refractivity contribution in [1.29, 1.82) is 0 Å². The van der Waals surface area contributed by atoms with E-state index in [9.17, 15) is 9.59 Å². The molecule has 2 N–H and O–H groups in total. The van der Waals surface area contributed by atoms with Crippen molar-refractivity contribution in [2.75, 3.05) is 10.6 Å². The molecule has 1 aliphatic rings. The molecular weight excluding hydrogens is 340 g/mol. The summed E-state index contributed by atoms with van der Waals surface area (Å²) in [6, 6.07) is 13.0.